The van der Waals surface area contributed by atoms with Crippen LogP contribution < -0.4 is 10.6 Å². The van der Waals surface area contributed by atoms with E-state index in [9.17, 15) is 9.59 Å². The Morgan fingerprint density at radius 2 is 1.59 bits per heavy atom. The lowest BCUT2D eigenvalue weighted by molar-refractivity contribution is -0.114. The largest absolute Gasteiger partial charge is 0.336 e. The lowest BCUT2D eigenvalue weighted by Gasteiger charge is -2.12. The maximum Gasteiger partial charge on any atom is 0.272 e. The van der Waals surface area contributed by atoms with Gasteiger partial charge in [-0.05, 0) is 49.2 Å². The summed E-state index contributed by atoms with van der Waals surface area (Å²) in [6.07, 6.45) is 2.08. The minimum Gasteiger partial charge on any atom is -0.336 e. The number of nitrogens with one attached hydrogen (secondary N) is 2. The van der Waals surface area contributed by atoms with Gasteiger partial charge >= 0.3 is 0 Å². The Bertz CT molecular complexity index is 971. The number of hydrogen-bond donors (Lipinski definition) is 2. The molecule has 0 unspecified atom stereocenters. The quantitative estimate of drug-likeness (QED) is 0.650. The van der Waals surface area contributed by atoms with Crippen molar-refractivity contribution in [2.75, 3.05) is 10.6 Å². The molecule has 3 rings (SSSR count). The number of para-hydroxylation sites is 1. The van der Waals surface area contributed by atoms with Gasteiger partial charge in [-0.3, -0.25) is 9.59 Å². The number of rotatable bonds is 6. The second-order valence-electron chi connectivity index (χ2n) is 6.71. The molecule has 2 aromatic carbocycles. The second-order valence-corrected chi connectivity index (χ2v) is 6.71. The minimum atomic E-state index is -0.122. The molecule has 2 N–H and O–H groups in total. The lowest BCUT2D eigenvalue weighted by Crippen LogP contribution is -2.18. The molecule has 0 fully saturated rings. The number of benzene rings is 2. The van der Waals surface area contributed by atoms with Crippen LogP contribution in [-0.2, 0) is 11.3 Å². The molecule has 0 radical (unpaired) electrons. The number of aryl methyl sites for hydroxylation is 2. The van der Waals surface area contributed by atoms with Gasteiger partial charge in [0.25, 0.3) is 5.91 Å². The summed E-state index contributed by atoms with van der Waals surface area (Å²) in [5, 5.41) is 6.82. The first kappa shape index (κ1) is 18.7. The molecule has 0 saturated heterocycles. The van der Waals surface area contributed by atoms with E-state index in [1.807, 2.05) is 19.1 Å². The van der Waals surface area contributed by atoms with Crippen molar-refractivity contribution in [2.45, 2.75) is 40.2 Å². The van der Waals surface area contributed by atoms with E-state index >= 15 is 0 Å². The normalized spacial score (nSPS) is 10.8. The highest BCUT2D eigenvalue weighted by Crippen LogP contribution is 2.27. The van der Waals surface area contributed by atoms with Gasteiger partial charge in [0, 0.05) is 35.7 Å². The Labute approximate surface area is 159 Å². The lowest BCUT2D eigenvalue weighted by atomic mass is 10.1. The second kappa shape index (κ2) is 8.08. The van der Waals surface area contributed by atoms with Gasteiger partial charge in [0.2, 0.25) is 5.91 Å². The van der Waals surface area contributed by atoms with Crippen LogP contribution >= 0.6 is 0 Å². The molecule has 27 heavy (non-hydrogen) atoms. The third-order valence-corrected chi connectivity index (χ3v) is 4.64. The molecule has 0 aliphatic carbocycles. The highest BCUT2D eigenvalue weighted by molar-refractivity contribution is 6.08. The Hall–Kier alpha value is -3.08. The standard InChI is InChI=1S/C22H25N3O2/c1-4-5-14-25-20-9-7-6-8-19(20)15(2)21(25)22(27)24-18-12-10-17(11-13-18)23-16(3)26/h6-13H,4-5,14H2,1-3H3,(H,23,26)(H,24,27). The summed E-state index contributed by atoms with van der Waals surface area (Å²) in [5.74, 6) is -0.241. The van der Waals surface area contributed by atoms with Crippen LogP contribution in [0.2, 0.25) is 0 Å². The number of carbonyl (C=O) groups excluding carboxylic acids is 2. The van der Waals surface area contributed by atoms with Crippen molar-refractivity contribution in [3.63, 3.8) is 0 Å². The van der Waals surface area contributed by atoms with Crippen molar-refractivity contribution in [1.29, 1.82) is 0 Å². The SMILES string of the molecule is CCCCn1c(C(=O)Nc2ccc(NC(C)=O)cc2)c(C)c2ccccc21. The van der Waals surface area contributed by atoms with Gasteiger partial charge in [-0.15, -0.1) is 0 Å². The summed E-state index contributed by atoms with van der Waals surface area (Å²) in [7, 11) is 0. The molecule has 5 nitrogen and oxygen atoms in total. The van der Waals surface area contributed by atoms with Gasteiger partial charge in [-0.2, -0.15) is 0 Å². The summed E-state index contributed by atoms with van der Waals surface area (Å²) in [6, 6.07) is 15.3. The van der Waals surface area contributed by atoms with Crippen molar-refractivity contribution < 1.29 is 9.59 Å². The first-order valence-corrected chi connectivity index (χ1v) is 9.28. The number of unbranched alkanes of at least 4 members (excludes halogenated alkanes) is 1. The van der Waals surface area contributed by atoms with Gasteiger partial charge in [0.15, 0.2) is 0 Å². The number of aromatic nitrogens is 1. The molecule has 0 saturated carbocycles. The maximum absolute atomic E-state index is 13.0. The van der Waals surface area contributed by atoms with Crippen molar-refractivity contribution in [3.8, 4) is 0 Å². The third-order valence-electron chi connectivity index (χ3n) is 4.64. The summed E-state index contributed by atoms with van der Waals surface area (Å²) in [4.78, 5) is 24.2. The fourth-order valence-corrected chi connectivity index (χ4v) is 3.35. The molecular formula is C22H25N3O2. The van der Waals surface area contributed by atoms with E-state index in [-0.39, 0.29) is 11.8 Å². The predicted octanol–water partition coefficient (Wildman–Crippen LogP) is 4.96. The van der Waals surface area contributed by atoms with Gasteiger partial charge in [0.1, 0.15) is 5.69 Å². The molecule has 0 bridgehead atoms. The number of nitrogens with zero attached hydrogens (tertiary/aromatic N) is 1. The fraction of sp³-hybridized carbons (Fsp3) is 0.273. The van der Waals surface area contributed by atoms with E-state index < -0.39 is 0 Å². The van der Waals surface area contributed by atoms with Gasteiger partial charge in [-0.1, -0.05) is 31.5 Å². The third kappa shape index (κ3) is 4.03. The number of fused-ring (bicyclic) bond motifs is 1. The fourth-order valence-electron chi connectivity index (χ4n) is 3.35. The molecule has 5 heteroatoms. The van der Waals surface area contributed by atoms with Crippen LogP contribution in [0.25, 0.3) is 10.9 Å². The summed E-state index contributed by atoms with van der Waals surface area (Å²) >= 11 is 0. The van der Waals surface area contributed by atoms with Gasteiger partial charge in [0.05, 0.1) is 0 Å². The number of carbonyl (C=O) groups is 2. The van der Waals surface area contributed by atoms with E-state index in [0.29, 0.717) is 17.1 Å². The molecule has 2 amide bonds. The summed E-state index contributed by atoms with van der Waals surface area (Å²) in [5.41, 5.74) is 4.19. The van der Waals surface area contributed by atoms with Crippen LogP contribution in [0.4, 0.5) is 11.4 Å². The number of hydrogen-bond acceptors (Lipinski definition) is 2. The molecule has 0 atom stereocenters. The molecular weight excluding hydrogens is 338 g/mol. The highest BCUT2D eigenvalue weighted by Gasteiger charge is 2.20. The molecule has 140 valence electrons. The first-order chi connectivity index (χ1) is 13.0. The van der Waals surface area contributed by atoms with E-state index in [4.69, 9.17) is 0 Å². The summed E-state index contributed by atoms with van der Waals surface area (Å²) < 4.78 is 2.12. The van der Waals surface area contributed by atoms with Crippen LogP contribution in [0.3, 0.4) is 0 Å². The van der Waals surface area contributed by atoms with Crippen molar-refractivity contribution in [2.24, 2.45) is 0 Å². The van der Waals surface area contributed by atoms with Crippen molar-refractivity contribution >= 4 is 34.1 Å². The van der Waals surface area contributed by atoms with Crippen LogP contribution in [0, 0.1) is 6.92 Å². The highest BCUT2D eigenvalue weighted by atomic mass is 16.2. The van der Waals surface area contributed by atoms with Crippen LogP contribution in [0.15, 0.2) is 48.5 Å². The average molecular weight is 363 g/mol. The average Bonchev–Trinajstić information content (AvgIpc) is 2.93. The predicted molar refractivity (Wildman–Crippen MR) is 110 cm³/mol. The van der Waals surface area contributed by atoms with E-state index in [1.54, 1.807) is 24.3 Å². The molecule has 0 aliphatic heterocycles. The van der Waals surface area contributed by atoms with E-state index in [0.717, 1.165) is 35.9 Å². The zero-order valence-electron chi connectivity index (χ0n) is 16.0. The van der Waals surface area contributed by atoms with Crippen LogP contribution in [-0.4, -0.2) is 16.4 Å². The monoisotopic (exact) mass is 363 g/mol. The molecule has 1 heterocycles. The van der Waals surface area contributed by atoms with Crippen molar-refractivity contribution in [1.82, 2.24) is 4.57 Å². The molecule has 0 aliphatic rings. The van der Waals surface area contributed by atoms with E-state index in [2.05, 4.69) is 34.3 Å². The summed E-state index contributed by atoms with van der Waals surface area (Å²) in [6.45, 7) is 6.43. The topological polar surface area (TPSA) is 63.1 Å². The van der Waals surface area contributed by atoms with Crippen LogP contribution in [0.1, 0.15) is 42.7 Å². The zero-order chi connectivity index (χ0) is 19.4. The maximum atomic E-state index is 13.0. The Balaban J connectivity index is 1.90. The molecule has 0 spiro atoms. The Morgan fingerprint density at radius 1 is 0.963 bits per heavy atom. The zero-order valence-corrected chi connectivity index (χ0v) is 16.0. The van der Waals surface area contributed by atoms with E-state index in [1.165, 1.54) is 6.92 Å². The van der Waals surface area contributed by atoms with Gasteiger partial charge < -0.3 is 15.2 Å². The number of amides is 2. The van der Waals surface area contributed by atoms with Crippen LogP contribution in [0.5, 0.6) is 0 Å². The smallest absolute Gasteiger partial charge is 0.272 e. The molecule has 3 aromatic rings. The Morgan fingerprint density at radius 3 is 2.22 bits per heavy atom. The first-order valence-electron chi connectivity index (χ1n) is 9.28. The number of anilines is 2. The minimum absolute atomic E-state index is 0.118. The Kier molecular flexibility index (Phi) is 5.60. The van der Waals surface area contributed by atoms with Gasteiger partial charge in [-0.25, -0.2) is 0 Å². The molecule has 1 aromatic heterocycles. The van der Waals surface area contributed by atoms with Crippen molar-refractivity contribution in [3.05, 3.63) is 59.8 Å².